The molecule has 0 aliphatic carbocycles. The van der Waals surface area contributed by atoms with Crippen LogP contribution in [0.3, 0.4) is 0 Å². The van der Waals surface area contributed by atoms with Gasteiger partial charge in [0.1, 0.15) is 11.0 Å². The van der Waals surface area contributed by atoms with Gasteiger partial charge in [-0.2, -0.15) is 4.31 Å². The minimum Gasteiger partial charge on any atom is -0.389 e. The maximum absolute atomic E-state index is 12.7. The molecule has 0 spiro atoms. The van der Waals surface area contributed by atoms with Crippen LogP contribution in [0.25, 0.3) is 0 Å². The minimum atomic E-state index is -3.75. The Balaban J connectivity index is 2.43. The van der Waals surface area contributed by atoms with Gasteiger partial charge >= 0.3 is 0 Å². The number of nitrogens with zero attached hydrogens (tertiary/aromatic N) is 1. The molecular weight excluding hydrogens is 310 g/mol. The van der Waals surface area contributed by atoms with Gasteiger partial charge in [-0.05, 0) is 18.6 Å². The molecule has 21 heavy (non-hydrogen) atoms. The zero-order valence-corrected chi connectivity index (χ0v) is 13.2. The molecule has 0 bridgehead atoms. The van der Waals surface area contributed by atoms with Crippen molar-refractivity contribution < 1.29 is 13.2 Å². The fourth-order valence-corrected chi connectivity index (χ4v) is 4.15. The van der Waals surface area contributed by atoms with E-state index in [-0.39, 0.29) is 22.3 Å². The van der Waals surface area contributed by atoms with Crippen LogP contribution in [0.15, 0.2) is 29.2 Å². The first-order chi connectivity index (χ1) is 9.87. The second-order valence-electron chi connectivity index (χ2n) is 4.72. The lowest BCUT2D eigenvalue weighted by Gasteiger charge is -2.33. The lowest BCUT2D eigenvalue weighted by Crippen LogP contribution is -2.56. The van der Waals surface area contributed by atoms with Crippen LogP contribution in [0.2, 0.25) is 0 Å². The van der Waals surface area contributed by atoms with Crippen molar-refractivity contribution in [2.75, 3.05) is 13.1 Å². The summed E-state index contributed by atoms with van der Waals surface area (Å²) in [5.41, 5.74) is 6.03. The van der Waals surface area contributed by atoms with Crippen molar-refractivity contribution in [3.8, 4) is 0 Å². The summed E-state index contributed by atoms with van der Waals surface area (Å²) in [7, 11) is -3.75. The molecular formula is C13H17N3O3S2. The maximum Gasteiger partial charge on any atom is 0.243 e. The third kappa shape index (κ3) is 3.07. The van der Waals surface area contributed by atoms with Crippen molar-refractivity contribution in [2.24, 2.45) is 5.73 Å². The normalized spacial score (nSPS) is 20.0. The average molecular weight is 327 g/mol. The van der Waals surface area contributed by atoms with Gasteiger partial charge in [0.2, 0.25) is 15.9 Å². The Hall–Kier alpha value is -1.51. The zero-order chi connectivity index (χ0) is 15.6. The average Bonchev–Trinajstić information content (AvgIpc) is 2.47. The van der Waals surface area contributed by atoms with E-state index in [9.17, 15) is 13.2 Å². The summed E-state index contributed by atoms with van der Waals surface area (Å²) < 4.78 is 26.7. The number of nitrogens with one attached hydrogen (secondary N) is 1. The molecule has 6 nitrogen and oxygen atoms in total. The first-order valence-electron chi connectivity index (χ1n) is 6.57. The predicted molar refractivity (Wildman–Crippen MR) is 83.3 cm³/mol. The smallest absolute Gasteiger partial charge is 0.243 e. The molecule has 1 amide bonds. The Bertz CT molecular complexity index is 673. The number of sulfonamides is 1. The second kappa shape index (κ2) is 6.08. The number of thiocarbonyl (C=S) groups is 1. The Morgan fingerprint density at radius 2 is 2.24 bits per heavy atom. The highest BCUT2D eigenvalue weighted by atomic mass is 32.2. The van der Waals surface area contributed by atoms with E-state index < -0.39 is 16.1 Å². The van der Waals surface area contributed by atoms with Gasteiger partial charge in [0.05, 0.1) is 4.90 Å². The van der Waals surface area contributed by atoms with E-state index >= 15 is 0 Å². The molecule has 1 unspecified atom stereocenters. The molecule has 1 aliphatic heterocycles. The number of carbonyl (C=O) groups excluding carboxylic acids is 1. The maximum atomic E-state index is 12.7. The molecule has 1 heterocycles. The van der Waals surface area contributed by atoms with E-state index in [1.165, 1.54) is 16.4 Å². The highest BCUT2D eigenvalue weighted by Gasteiger charge is 2.37. The van der Waals surface area contributed by atoms with Crippen LogP contribution in [0.5, 0.6) is 0 Å². The lowest BCUT2D eigenvalue weighted by atomic mass is 10.2. The molecule has 114 valence electrons. The Morgan fingerprint density at radius 1 is 1.52 bits per heavy atom. The molecule has 1 aromatic rings. The third-order valence-corrected chi connectivity index (χ3v) is 5.53. The van der Waals surface area contributed by atoms with Gasteiger partial charge in [-0.15, -0.1) is 0 Å². The highest BCUT2D eigenvalue weighted by molar-refractivity contribution is 7.89. The fraction of sp³-hybridized carbons (Fsp3) is 0.385. The van der Waals surface area contributed by atoms with Gasteiger partial charge in [-0.25, -0.2) is 8.42 Å². The molecule has 2 rings (SSSR count). The number of rotatable bonds is 4. The number of benzene rings is 1. The SMILES string of the molecule is CCC1C(=O)NCCN1S(=O)(=O)c1cccc(C(N)=S)c1. The van der Waals surface area contributed by atoms with E-state index in [0.717, 1.165) is 0 Å². The lowest BCUT2D eigenvalue weighted by molar-refractivity contribution is -0.126. The fourth-order valence-electron chi connectivity index (χ4n) is 2.32. The van der Waals surface area contributed by atoms with Crippen molar-refractivity contribution in [3.63, 3.8) is 0 Å². The monoisotopic (exact) mass is 327 g/mol. The summed E-state index contributed by atoms with van der Waals surface area (Å²) in [6.07, 6.45) is 0.417. The number of hydrogen-bond acceptors (Lipinski definition) is 4. The minimum absolute atomic E-state index is 0.0981. The molecule has 1 aromatic carbocycles. The molecule has 0 saturated carbocycles. The zero-order valence-electron chi connectivity index (χ0n) is 11.6. The van der Waals surface area contributed by atoms with E-state index in [2.05, 4.69) is 5.32 Å². The molecule has 1 aliphatic rings. The predicted octanol–water partition coefficient (Wildman–Crippen LogP) is 0.220. The molecule has 0 aromatic heterocycles. The van der Waals surface area contributed by atoms with Crippen LogP contribution in [0.4, 0.5) is 0 Å². The topological polar surface area (TPSA) is 92.5 Å². The van der Waals surface area contributed by atoms with Crippen molar-refractivity contribution in [2.45, 2.75) is 24.3 Å². The number of piperazine rings is 1. The summed E-state index contributed by atoms with van der Waals surface area (Å²) in [6, 6.07) is 5.48. The summed E-state index contributed by atoms with van der Waals surface area (Å²) in [4.78, 5) is 12.1. The van der Waals surface area contributed by atoms with Gasteiger partial charge in [-0.3, -0.25) is 4.79 Å². The van der Waals surface area contributed by atoms with E-state index in [1.807, 2.05) is 0 Å². The van der Waals surface area contributed by atoms with E-state index in [0.29, 0.717) is 18.5 Å². The van der Waals surface area contributed by atoms with Gasteiger partial charge in [0, 0.05) is 18.7 Å². The number of amides is 1. The molecule has 1 fully saturated rings. The molecule has 1 saturated heterocycles. The van der Waals surface area contributed by atoms with E-state index in [4.69, 9.17) is 18.0 Å². The van der Waals surface area contributed by atoms with Crippen LogP contribution in [-0.2, 0) is 14.8 Å². The summed E-state index contributed by atoms with van der Waals surface area (Å²) in [5.74, 6) is -0.266. The van der Waals surface area contributed by atoms with Crippen molar-refractivity contribution >= 4 is 33.1 Å². The van der Waals surface area contributed by atoms with Gasteiger partial charge < -0.3 is 11.1 Å². The summed E-state index contributed by atoms with van der Waals surface area (Å²) in [6.45, 7) is 2.34. The Morgan fingerprint density at radius 3 is 2.86 bits per heavy atom. The Labute approximate surface area is 129 Å². The second-order valence-corrected chi connectivity index (χ2v) is 7.05. The third-order valence-electron chi connectivity index (χ3n) is 3.39. The van der Waals surface area contributed by atoms with Crippen LogP contribution in [0, 0.1) is 0 Å². The first-order valence-corrected chi connectivity index (χ1v) is 8.42. The van der Waals surface area contributed by atoms with Gasteiger partial charge in [0.25, 0.3) is 0 Å². The summed E-state index contributed by atoms with van der Waals surface area (Å²) in [5, 5.41) is 2.68. The van der Waals surface area contributed by atoms with Gasteiger partial charge in [-0.1, -0.05) is 31.3 Å². The number of hydrogen-bond donors (Lipinski definition) is 2. The molecule has 3 N–H and O–H groups in total. The standard InChI is InChI=1S/C13H17N3O3S2/c1-2-11-13(17)15-6-7-16(11)21(18,19)10-5-3-4-9(8-10)12(14)20/h3-5,8,11H,2,6-7H2,1H3,(H2,14,20)(H,15,17). The van der Waals surface area contributed by atoms with Crippen LogP contribution in [0.1, 0.15) is 18.9 Å². The van der Waals surface area contributed by atoms with E-state index in [1.54, 1.807) is 19.1 Å². The quantitative estimate of drug-likeness (QED) is 0.772. The van der Waals surface area contributed by atoms with Crippen molar-refractivity contribution in [1.82, 2.24) is 9.62 Å². The first kappa shape index (κ1) is 15.9. The van der Waals surface area contributed by atoms with Crippen molar-refractivity contribution in [3.05, 3.63) is 29.8 Å². The summed E-state index contributed by atoms with van der Waals surface area (Å²) >= 11 is 4.87. The molecule has 1 atom stereocenters. The molecule has 0 radical (unpaired) electrons. The highest BCUT2D eigenvalue weighted by Crippen LogP contribution is 2.22. The van der Waals surface area contributed by atoms with Gasteiger partial charge in [0.15, 0.2) is 0 Å². The molecule has 8 heteroatoms. The Kier molecular flexibility index (Phi) is 4.60. The number of nitrogens with two attached hydrogens (primary N) is 1. The van der Waals surface area contributed by atoms with Crippen LogP contribution >= 0.6 is 12.2 Å². The number of carbonyl (C=O) groups is 1. The van der Waals surface area contributed by atoms with Crippen LogP contribution < -0.4 is 11.1 Å². The van der Waals surface area contributed by atoms with Crippen molar-refractivity contribution in [1.29, 1.82) is 0 Å². The largest absolute Gasteiger partial charge is 0.389 e. The van der Waals surface area contributed by atoms with Crippen LogP contribution in [-0.4, -0.2) is 42.8 Å².